The van der Waals surface area contributed by atoms with Crippen molar-refractivity contribution in [3.05, 3.63) is 22.7 Å². The van der Waals surface area contributed by atoms with E-state index in [2.05, 4.69) is 24.8 Å². The Morgan fingerprint density at radius 3 is 2.68 bits per heavy atom. The zero-order valence-corrected chi connectivity index (χ0v) is 12.9. The van der Waals surface area contributed by atoms with Crippen molar-refractivity contribution in [3.8, 4) is 5.75 Å². The highest BCUT2D eigenvalue weighted by Gasteiger charge is 2.31. The number of anilines is 1. The van der Waals surface area contributed by atoms with E-state index in [1.54, 1.807) is 7.11 Å². The molecule has 4 heteroatoms. The van der Waals surface area contributed by atoms with Crippen LogP contribution in [-0.2, 0) is 0 Å². The normalized spacial score (nSPS) is 27.5. The molecule has 1 heterocycles. The van der Waals surface area contributed by atoms with Crippen molar-refractivity contribution >= 4 is 17.3 Å². The smallest absolute Gasteiger partial charge is 0.143 e. The standard InChI is InChI=1S/C15H23ClN2O/c1-9-7-14(15(19-4)8-12(9)16)18-6-5-13(17)10(2)11(18)3/h7-8,10-11,13H,5-6,17H2,1-4H3. The van der Waals surface area contributed by atoms with Crippen molar-refractivity contribution in [1.82, 2.24) is 0 Å². The van der Waals surface area contributed by atoms with Gasteiger partial charge in [0.15, 0.2) is 0 Å². The van der Waals surface area contributed by atoms with Gasteiger partial charge in [0, 0.05) is 29.7 Å². The lowest BCUT2D eigenvalue weighted by Crippen LogP contribution is -2.52. The second-order valence-corrected chi connectivity index (χ2v) is 5.93. The summed E-state index contributed by atoms with van der Waals surface area (Å²) in [6.07, 6.45) is 1.01. The van der Waals surface area contributed by atoms with E-state index in [0.29, 0.717) is 12.0 Å². The minimum Gasteiger partial charge on any atom is -0.495 e. The van der Waals surface area contributed by atoms with E-state index in [-0.39, 0.29) is 6.04 Å². The van der Waals surface area contributed by atoms with Crippen molar-refractivity contribution < 1.29 is 4.74 Å². The molecule has 0 spiro atoms. The van der Waals surface area contributed by atoms with Crippen molar-refractivity contribution in [1.29, 1.82) is 0 Å². The SMILES string of the molecule is COc1cc(Cl)c(C)cc1N1CCC(N)C(C)C1C. The lowest BCUT2D eigenvalue weighted by molar-refractivity contribution is 0.312. The van der Waals surface area contributed by atoms with Gasteiger partial charge in [-0.2, -0.15) is 0 Å². The zero-order chi connectivity index (χ0) is 14.2. The Bertz CT molecular complexity index is 464. The van der Waals surface area contributed by atoms with Gasteiger partial charge in [-0.3, -0.25) is 0 Å². The first-order valence-corrected chi connectivity index (χ1v) is 7.20. The summed E-state index contributed by atoms with van der Waals surface area (Å²) in [7, 11) is 1.69. The van der Waals surface area contributed by atoms with E-state index in [1.165, 1.54) is 0 Å². The van der Waals surface area contributed by atoms with Crippen LogP contribution in [0.2, 0.25) is 5.02 Å². The number of nitrogens with zero attached hydrogens (tertiary/aromatic N) is 1. The van der Waals surface area contributed by atoms with Crippen LogP contribution in [0.15, 0.2) is 12.1 Å². The minimum atomic E-state index is 0.283. The predicted molar refractivity (Wildman–Crippen MR) is 81.3 cm³/mol. The molecule has 19 heavy (non-hydrogen) atoms. The molecule has 0 radical (unpaired) electrons. The summed E-state index contributed by atoms with van der Waals surface area (Å²) in [5.41, 5.74) is 8.35. The Kier molecular flexibility index (Phi) is 4.26. The first-order chi connectivity index (χ1) is 8.95. The molecule has 0 amide bonds. The Labute approximate surface area is 120 Å². The van der Waals surface area contributed by atoms with E-state index < -0.39 is 0 Å². The summed E-state index contributed by atoms with van der Waals surface area (Å²) in [6, 6.07) is 4.70. The molecule has 0 bridgehead atoms. The largest absolute Gasteiger partial charge is 0.495 e. The molecule has 1 aliphatic rings. The monoisotopic (exact) mass is 282 g/mol. The maximum Gasteiger partial charge on any atom is 0.143 e. The van der Waals surface area contributed by atoms with Gasteiger partial charge in [-0.1, -0.05) is 18.5 Å². The van der Waals surface area contributed by atoms with E-state index in [0.717, 1.165) is 35.0 Å². The van der Waals surface area contributed by atoms with E-state index in [4.69, 9.17) is 22.1 Å². The van der Waals surface area contributed by atoms with Crippen LogP contribution in [0.25, 0.3) is 0 Å². The minimum absolute atomic E-state index is 0.283. The maximum atomic E-state index is 6.17. The number of rotatable bonds is 2. The second kappa shape index (κ2) is 5.59. The Balaban J connectivity index is 2.38. The summed E-state index contributed by atoms with van der Waals surface area (Å²) in [4.78, 5) is 2.39. The number of piperidine rings is 1. The van der Waals surface area contributed by atoms with Crippen LogP contribution in [0.3, 0.4) is 0 Å². The summed E-state index contributed by atoms with van der Waals surface area (Å²) in [6.45, 7) is 7.43. The van der Waals surface area contributed by atoms with Gasteiger partial charge in [0.2, 0.25) is 0 Å². The molecule has 3 atom stereocenters. The number of hydrogen-bond acceptors (Lipinski definition) is 3. The van der Waals surface area contributed by atoms with E-state index in [9.17, 15) is 0 Å². The zero-order valence-electron chi connectivity index (χ0n) is 12.1. The molecule has 1 saturated heterocycles. The molecule has 2 N–H and O–H groups in total. The fraction of sp³-hybridized carbons (Fsp3) is 0.600. The summed E-state index contributed by atoms with van der Waals surface area (Å²) >= 11 is 6.17. The van der Waals surface area contributed by atoms with Gasteiger partial charge in [-0.05, 0) is 37.8 Å². The first kappa shape index (κ1) is 14.5. The quantitative estimate of drug-likeness (QED) is 0.905. The molecule has 106 valence electrons. The Hall–Kier alpha value is -0.930. The van der Waals surface area contributed by atoms with Crippen LogP contribution >= 0.6 is 11.6 Å². The van der Waals surface area contributed by atoms with E-state index in [1.807, 2.05) is 13.0 Å². The summed E-state index contributed by atoms with van der Waals surface area (Å²) in [5.74, 6) is 1.31. The molecular formula is C15H23ClN2O. The van der Waals surface area contributed by atoms with Gasteiger partial charge in [0.25, 0.3) is 0 Å². The molecule has 0 aromatic heterocycles. The number of ether oxygens (including phenoxy) is 1. The fourth-order valence-corrected chi connectivity index (χ4v) is 2.93. The average molecular weight is 283 g/mol. The summed E-state index contributed by atoms with van der Waals surface area (Å²) < 4.78 is 5.49. The van der Waals surface area contributed by atoms with Gasteiger partial charge in [-0.15, -0.1) is 0 Å². The highest BCUT2D eigenvalue weighted by molar-refractivity contribution is 6.31. The van der Waals surface area contributed by atoms with Crippen molar-refractivity contribution in [2.24, 2.45) is 11.7 Å². The van der Waals surface area contributed by atoms with Crippen LogP contribution in [0.1, 0.15) is 25.8 Å². The number of hydrogen-bond donors (Lipinski definition) is 1. The van der Waals surface area contributed by atoms with Crippen LogP contribution in [-0.4, -0.2) is 25.7 Å². The molecular weight excluding hydrogens is 260 g/mol. The van der Waals surface area contributed by atoms with Gasteiger partial charge in [-0.25, -0.2) is 0 Å². The molecule has 3 unspecified atom stereocenters. The molecule has 0 saturated carbocycles. The van der Waals surface area contributed by atoms with Crippen molar-refractivity contribution in [2.45, 2.75) is 39.3 Å². The molecule has 1 aliphatic heterocycles. The Morgan fingerprint density at radius 1 is 1.37 bits per heavy atom. The summed E-state index contributed by atoms with van der Waals surface area (Å²) in [5, 5.41) is 0.745. The lowest BCUT2D eigenvalue weighted by atomic mass is 9.87. The number of benzene rings is 1. The first-order valence-electron chi connectivity index (χ1n) is 6.82. The van der Waals surface area contributed by atoms with Crippen LogP contribution in [0, 0.1) is 12.8 Å². The second-order valence-electron chi connectivity index (χ2n) is 5.52. The topological polar surface area (TPSA) is 38.5 Å². The molecule has 1 aromatic rings. The average Bonchev–Trinajstić information content (AvgIpc) is 2.39. The van der Waals surface area contributed by atoms with Crippen molar-refractivity contribution in [3.63, 3.8) is 0 Å². The van der Waals surface area contributed by atoms with Gasteiger partial charge < -0.3 is 15.4 Å². The third-order valence-electron chi connectivity index (χ3n) is 4.40. The predicted octanol–water partition coefficient (Wildman–Crippen LogP) is 3.22. The highest BCUT2D eigenvalue weighted by atomic mass is 35.5. The van der Waals surface area contributed by atoms with Gasteiger partial charge in [0.1, 0.15) is 5.75 Å². The third-order valence-corrected chi connectivity index (χ3v) is 4.81. The van der Waals surface area contributed by atoms with Crippen LogP contribution in [0.4, 0.5) is 5.69 Å². The van der Waals surface area contributed by atoms with Crippen LogP contribution in [0.5, 0.6) is 5.75 Å². The van der Waals surface area contributed by atoms with Crippen molar-refractivity contribution in [2.75, 3.05) is 18.6 Å². The third kappa shape index (κ3) is 2.67. The number of methoxy groups -OCH3 is 1. The van der Waals surface area contributed by atoms with E-state index >= 15 is 0 Å². The number of halogens is 1. The van der Waals surface area contributed by atoms with Gasteiger partial charge in [0.05, 0.1) is 12.8 Å². The fourth-order valence-electron chi connectivity index (χ4n) is 2.77. The molecule has 2 rings (SSSR count). The molecule has 1 aromatic carbocycles. The lowest BCUT2D eigenvalue weighted by Gasteiger charge is -2.43. The maximum absolute atomic E-state index is 6.17. The molecule has 0 aliphatic carbocycles. The Morgan fingerprint density at radius 2 is 2.05 bits per heavy atom. The molecule has 3 nitrogen and oxygen atoms in total. The van der Waals surface area contributed by atoms with Crippen LogP contribution < -0.4 is 15.4 Å². The number of nitrogens with two attached hydrogens (primary N) is 1. The van der Waals surface area contributed by atoms with Gasteiger partial charge >= 0.3 is 0 Å². The number of aryl methyl sites for hydroxylation is 1. The molecule has 1 fully saturated rings. The highest BCUT2D eigenvalue weighted by Crippen LogP contribution is 2.37.